The number of carbonyl (C=O) groups is 1. The van der Waals surface area contributed by atoms with Crippen LogP contribution in [0.25, 0.3) is 0 Å². The molecule has 0 bridgehead atoms. The van der Waals surface area contributed by atoms with Crippen molar-refractivity contribution in [3.05, 3.63) is 36.3 Å². The van der Waals surface area contributed by atoms with E-state index in [4.69, 9.17) is 4.42 Å². The third kappa shape index (κ3) is 2.74. The Morgan fingerprint density at radius 2 is 2.50 bits per heavy atom. The number of carbonyl (C=O) groups excluding carboxylic acids is 1. The topological polar surface area (TPSA) is 30.2 Å². The molecule has 12 heavy (non-hydrogen) atoms. The molecule has 0 radical (unpaired) electrons. The van der Waals surface area contributed by atoms with Gasteiger partial charge in [-0.1, -0.05) is 13.0 Å². The second-order valence-corrected chi connectivity index (χ2v) is 2.59. The van der Waals surface area contributed by atoms with Gasteiger partial charge in [0.25, 0.3) is 0 Å². The Labute approximate surface area is 71.9 Å². The lowest BCUT2D eigenvalue weighted by Gasteiger charge is -1.88. The normalized spacial score (nSPS) is 10.8. The van der Waals surface area contributed by atoms with Gasteiger partial charge in [0, 0.05) is 6.42 Å². The fraction of sp³-hybridized carbons (Fsp3) is 0.300. The molecule has 0 amide bonds. The largest absolute Gasteiger partial charge is 0.472 e. The molecule has 0 unspecified atom stereocenters. The van der Waals surface area contributed by atoms with Crippen LogP contribution in [0.1, 0.15) is 18.9 Å². The van der Waals surface area contributed by atoms with E-state index in [-0.39, 0.29) is 5.78 Å². The van der Waals surface area contributed by atoms with Crippen molar-refractivity contribution in [2.24, 2.45) is 0 Å². The molecular formula is C10H12O2. The third-order valence-electron chi connectivity index (χ3n) is 1.50. The molecule has 0 N–H and O–H groups in total. The highest BCUT2D eigenvalue weighted by Gasteiger charge is 1.99. The standard InChI is InChI=1S/C10H12O2/c1-2-3-4-10(11)7-9-5-6-12-8-9/h3-6,8H,2,7H2,1H3/b4-3+. The van der Waals surface area contributed by atoms with Crippen LogP contribution in [0.5, 0.6) is 0 Å². The SMILES string of the molecule is CC/C=C/C(=O)Cc1ccoc1. The Balaban J connectivity index is 2.42. The minimum atomic E-state index is 0.123. The van der Waals surface area contributed by atoms with Gasteiger partial charge in [0.2, 0.25) is 0 Å². The molecule has 2 nitrogen and oxygen atoms in total. The van der Waals surface area contributed by atoms with E-state index in [9.17, 15) is 4.79 Å². The third-order valence-corrected chi connectivity index (χ3v) is 1.50. The molecule has 0 fully saturated rings. The molecule has 0 aliphatic carbocycles. The molecule has 1 rings (SSSR count). The smallest absolute Gasteiger partial charge is 0.159 e. The second-order valence-electron chi connectivity index (χ2n) is 2.59. The van der Waals surface area contributed by atoms with Crippen molar-refractivity contribution >= 4 is 5.78 Å². The minimum Gasteiger partial charge on any atom is -0.472 e. The van der Waals surface area contributed by atoms with Crippen molar-refractivity contribution in [2.75, 3.05) is 0 Å². The molecule has 0 saturated carbocycles. The van der Waals surface area contributed by atoms with Crippen molar-refractivity contribution in [1.82, 2.24) is 0 Å². The second kappa shape index (κ2) is 4.54. The van der Waals surface area contributed by atoms with E-state index in [1.54, 1.807) is 24.7 Å². The first-order valence-corrected chi connectivity index (χ1v) is 4.03. The average Bonchev–Trinajstić information content (AvgIpc) is 2.53. The van der Waals surface area contributed by atoms with E-state index in [1.807, 2.05) is 13.0 Å². The van der Waals surface area contributed by atoms with E-state index in [0.717, 1.165) is 12.0 Å². The van der Waals surface area contributed by atoms with Crippen LogP contribution in [0.3, 0.4) is 0 Å². The molecule has 0 aliphatic rings. The Bertz CT molecular complexity index is 257. The maximum absolute atomic E-state index is 11.1. The summed E-state index contributed by atoms with van der Waals surface area (Å²) in [5, 5.41) is 0. The van der Waals surface area contributed by atoms with Gasteiger partial charge in [-0.15, -0.1) is 0 Å². The number of allylic oxidation sites excluding steroid dienone is 2. The summed E-state index contributed by atoms with van der Waals surface area (Å²) in [4.78, 5) is 11.1. The first-order valence-electron chi connectivity index (χ1n) is 4.03. The number of hydrogen-bond donors (Lipinski definition) is 0. The highest BCUT2D eigenvalue weighted by Crippen LogP contribution is 2.01. The lowest BCUT2D eigenvalue weighted by atomic mass is 10.1. The van der Waals surface area contributed by atoms with Crippen molar-refractivity contribution in [1.29, 1.82) is 0 Å². The fourth-order valence-electron chi connectivity index (χ4n) is 0.903. The molecule has 1 heterocycles. The lowest BCUT2D eigenvalue weighted by Crippen LogP contribution is -1.96. The van der Waals surface area contributed by atoms with E-state index < -0.39 is 0 Å². The number of furan rings is 1. The Kier molecular flexibility index (Phi) is 3.33. The van der Waals surface area contributed by atoms with Crippen LogP contribution in [0, 0.1) is 0 Å². The van der Waals surface area contributed by atoms with Gasteiger partial charge in [-0.25, -0.2) is 0 Å². The summed E-state index contributed by atoms with van der Waals surface area (Å²) in [7, 11) is 0. The molecule has 2 heteroatoms. The van der Waals surface area contributed by atoms with E-state index >= 15 is 0 Å². The molecule has 1 aromatic rings. The highest BCUT2D eigenvalue weighted by molar-refractivity contribution is 5.91. The Hall–Kier alpha value is -1.31. The zero-order valence-electron chi connectivity index (χ0n) is 7.12. The summed E-state index contributed by atoms with van der Waals surface area (Å²) in [6.07, 6.45) is 7.99. The molecule has 0 saturated heterocycles. The molecular weight excluding hydrogens is 152 g/mol. The Morgan fingerprint density at radius 3 is 3.08 bits per heavy atom. The zero-order valence-corrected chi connectivity index (χ0v) is 7.12. The summed E-state index contributed by atoms with van der Waals surface area (Å²) >= 11 is 0. The van der Waals surface area contributed by atoms with E-state index in [2.05, 4.69) is 0 Å². The predicted octanol–water partition coefficient (Wildman–Crippen LogP) is 2.36. The van der Waals surface area contributed by atoms with Crippen LogP contribution in [0.15, 0.2) is 35.2 Å². The van der Waals surface area contributed by atoms with E-state index in [0.29, 0.717) is 6.42 Å². The summed E-state index contributed by atoms with van der Waals surface area (Å²) in [6.45, 7) is 2.00. The zero-order chi connectivity index (χ0) is 8.81. The average molecular weight is 164 g/mol. The maximum Gasteiger partial charge on any atom is 0.159 e. The first-order chi connectivity index (χ1) is 5.83. The summed E-state index contributed by atoms with van der Waals surface area (Å²) < 4.78 is 4.84. The molecule has 0 spiro atoms. The quantitative estimate of drug-likeness (QED) is 0.639. The molecule has 64 valence electrons. The van der Waals surface area contributed by atoms with Crippen molar-refractivity contribution in [3.63, 3.8) is 0 Å². The van der Waals surface area contributed by atoms with Crippen molar-refractivity contribution < 1.29 is 9.21 Å². The highest BCUT2D eigenvalue weighted by atomic mass is 16.3. The predicted molar refractivity (Wildman–Crippen MR) is 46.9 cm³/mol. The van der Waals surface area contributed by atoms with Crippen LogP contribution in [-0.4, -0.2) is 5.78 Å². The first kappa shape index (κ1) is 8.78. The van der Waals surface area contributed by atoms with Gasteiger partial charge in [-0.2, -0.15) is 0 Å². The van der Waals surface area contributed by atoms with Gasteiger partial charge in [0.05, 0.1) is 12.5 Å². The Morgan fingerprint density at radius 1 is 1.67 bits per heavy atom. The number of ketones is 1. The minimum absolute atomic E-state index is 0.123. The number of hydrogen-bond acceptors (Lipinski definition) is 2. The van der Waals surface area contributed by atoms with Crippen LogP contribution in [0.2, 0.25) is 0 Å². The maximum atomic E-state index is 11.1. The fourth-order valence-corrected chi connectivity index (χ4v) is 0.903. The van der Waals surface area contributed by atoms with Gasteiger partial charge in [-0.05, 0) is 24.1 Å². The molecule has 0 aliphatic heterocycles. The van der Waals surface area contributed by atoms with Crippen molar-refractivity contribution in [3.8, 4) is 0 Å². The molecule has 0 aromatic carbocycles. The van der Waals surface area contributed by atoms with Gasteiger partial charge < -0.3 is 4.42 Å². The summed E-state index contributed by atoms with van der Waals surface area (Å²) in [6, 6.07) is 1.80. The monoisotopic (exact) mass is 164 g/mol. The number of rotatable bonds is 4. The van der Waals surface area contributed by atoms with Crippen LogP contribution in [0.4, 0.5) is 0 Å². The van der Waals surface area contributed by atoms with Gasteiger partial charge >= 0.3 is 0 Å². The van der Waals surface area contributed by atoms with Gasteiger partial charge in [0.1, 0.15) is 0 Å². The molecule has 1 aromatic heterocycles. The van der Waals surface area contributed by atoms with Crippen LogP contribution in [-0.2, 0) is 11.2 Å². The summed E-state index contributed by atoms with van der Waals surface area (Å²) in [5.41, 5.74) is 0.931. The lowest BCUT2D eigenvalue weighted by molar-refractivity contribution is -0.114. The summed E-state index contributed by atoms with van der Waals surface area (Å²) in [5.74, 6) is 0.123. The van der Waals surface area contributed by atoms with Crippen molar-refractivity contribution in [2.45, 2.75) is 19.8 Å². The van der Waals surface area contributed by atoms with E-state index in [1.165, 1.54) is 0 Å². The van der Waals surface area contributed by atoms with Crippen LogP contribution < -0.4 is 0 Å². The van der Waals surface area contributed by atoms with Crippen LogP contribution >= 0.6 is 0 Å². The van der Waals surface area contributed by atoms with Gasteiger partial charge in [-0.3, -0.25) is 4.79 Å². The van der Waals surface area contributed by atoms with Gasteiger partial charge in [0.15, 0.2) is 5.78 Å². The molecule has 0 atom stereocenters.